The summed E-state index contributed by atoms with van der Waals surface area (Å²) in [5.41, 5.74) is 6.69. The molecule has 0 aromatic heterocycles. The number of nitrogens with one attached hydrogen (secondary N) is 7. The van der Waals surface area contributed by atoms with E-state index in [9.17, 15) is 53.4 Å². The second-order valence-corrected chi connectivity index (χ2v) is 21.0. The largest absolute Gasteiger partial charge is 0.508 e. The van der Waals surface area contributed by atoms with Gasteiger partial charge >= 0.3 is 5.97 Å². The number of phenolic OH excluding ortho intramolecular Hbond substituents is 1. The van der Waals surface area contributed by atoms with Crippen LogP contribution >= 0.6 is 0 Å². The van der Waals surface area contributed by atoms with Crippen molar-refractivity contribution in [2.45, 2.75) is 196 Å². The molecule has 0 bridgehead atoms. The maximum absolute atomic E-state index is 14.3. The molecule has 406 valence electrons. The van der Waals surface area contributed by atoms with Crippen LogP contribution in [0.5, 0.6) is 5.75 Å². The summed E-state index contributed by atoms with van der Waals surface area (Å²) in [6, 6.07) is -3.91. The standard InChI is InChI=1S/C52H87N9O11/c1-14-30(10)40(53)48(67)56-36(24-27(4)5)44(63)54-33(13)51(70)61-23-17-18-39(61)47(66)58-41(29(8)9)49(68)59-42(31(11)15-2)50(69)57-37(25-28(6)7)45(64)55-38(26-34-19-21-35(62)22-20-34)46(65)60-43(52(71)72)32(12)16-3/h19-22,27-33,36-43,62H,14-18,23-26,53H2,1-13H3,(H,54,63)(H,55,64)(H,56,67)(H,57,69)(H,58,66)(H,59,68)(H,60,65)(H,71,72)/t30-,31-,32-,33-,36-,37-,38-,39-,40-,41-,42-,43-/m0/s1. The van der Waals surface area contributed by atoms with Crippen LogP contribution in [0.2, 0.25) is 0 Å². The van der Waals surface area contributed by atoms with Crippen molar-refractivity contribution in [1.29, 1.82) is 0 Å². The number of nitrogens with two attached hydrogens (primary N) is 1. The monoisotopic (exact) mass is 1010 g/mol. The van der Waals surface area contributed by atoms with Crippen molar-refractivity contribution in [3.8, 4) is 5.75 Å². The van der Waals surface area contributed by atoms with Gasteiger partial charge in [-0.3, -0.25) is 38.4 Å². The van der Waals surface area contributed by atoms with E-state index in [-0.39, 0.29) is 49.3 Å². The number of nitrogens with zero attached hydrogens (tertiary/aromatic N) is 1. The Morgan fingerprint density at radius 3 is 1.54 bits per heavy atom. The average Bonchev–Trinajstić information content (AvgIpc) is 3.82. The van der Waals surface area contributed by atoms with Crippen molar-refractivity contribution in [2.24, 2.45) is 41.2 Å². The molecule has 72 heavy (non-hydrogen) atoms. The lowest BCUT2D eigenvalue weighted by atomic mass is 9.95. The Balaban J connectivity index is 2.31. The highest BCUT2D eigenvalue weighted by atomic mass is 16.4. The van der Waals surface area contributed by atoms with E-state index >= 15 is 0 Å². The maximum Gasteiger partial charge on any atom is 0.326 e. The van der Waals surface area contributed by atoms with E-state index in [1.165, 1.54) is 24.0 Å². The highest BCUT2D eigenvalue weighted by molar-refractivity contribution is 5.98. The summed E-state index contributed by atoms with van der Waals surface area (Å²) in [4.78, 5) is 124. The highest BCUT2D eigenvalue weighted by Gasteiger charge is 2.41. The van der Waals surface area contributed by atoms with Gasteiger partial charge < -0.3 is 58.1 Å². The molecular weight excluding hydrogens is 927 g/mol. The van der Waals surface area contributed by atoms with E-state index in [1.54, 1.807) is 46.8 Å². The topological polar surface area (TPSA) is 308 Å². The van der Waals surface area contributed by atoms with Gasteiger partial charge in [0.1, 0.15) is 54.1 Å². The number of carbonyl (C=O) groups excluding carboxylic acids is 8. The predicted octanol–water partition coefficient (Wildman–Crippen LogP) is 2.64. The molecule has 0 saturated carbocycles. The Kier molecular flexibility index (Phi) is 25.7. The number of rotatable bonds is 29. The van der Waals surface area contributed by atoms with E-state index in [2.05, 4.69) is 37.2 Å². The fourth-order valence-corrected chi connectivity index (χ4v) is 8.39. The van der Waals surface area contributed by atoms with Gasteiger partial charge in [0.15, 0.2) is 0 Å². The van der Waals surface area contributed by atoms with E-state index in [4.69, 9.17) is 5.73 Å². The summed E-state index contributed by atoms with van der Waals surface area (Å²) >= 11 is 0. The van der Waals surface area contributed by atoms with Gasteiger partial charge in [-0.2, -0.15) is 0 Å². The Morgan fingerprint density at radius 2 is 1.04 bits per heavy atom. The average molecular weight is 1010 g/mol. The molecule has 1 saturated heterocycles. The fraction of sp³-hybridized carbons (Fsp3) is 0.712. The number of carbonyl (C=O) groups is 9. The fourth-order valence-electron chi connectivity index (χ4n) is 8.39. The molecule has 20 heteroatoms. The first-order valence-corrected chi connectivity index (χ1v) is 25.9. The number of phenols is 1. The molecule has 0 unspecified atom stereocenters. The first kappa shape index (κ1) is 62.3. The van der Waals surface area contributed by atoms with Crippen LogP contribution in [-0.4, -0.2) is 129 Å². The van der Waals surface area contributed by atoms with E-state index in [0.717, 1.165) is 0 Å². The molecule has 1 aromatic rings. The number of benzene rings is 1. The molecule has 1 fully saturated rings. The summed E-state index contributed by atoms with van der Waals surface area (Å²) in [5, 5.41) is 38.9. The number of hydrogen-bond acceptors (Lipinski definition) is 11. The van der Waals surface area contributed by atoms with Gasteiger partial charge in [-0.05, 0) is 85.8 Å². The smallest absolute Gasteiger partial charge is 0.326 e. The molecule has 0 aliphatic carbocycles. The molecule has 0 spiro atoms. The summed E-state index contributed by atoms with van der Waals surface area (Å²) < 4.78 is 0. The Labute approximate surface area is 426 Å². The molecule has 20 nitrogen and oxygen atoms in total. The molecule has 12 atom stereocenters. The van der Waals surface area contributed by atoms with Gasteiger partial charge in [-0.15, -0.1) is 0 Å². The van der Waals surface area contributed by atoms with Crippen LogP contribution in [-0.2, 0) is 49.6 Å². The van der Waals surface area contributed by atoms with E-state index < -0.39 is 125 Å². The van der Waals surface area contributed by atoms with Crippen LogP contribution in [0.1, 0.15) is 141 Å². The first-order chi connectivity index (χ1) is 33.7. The first-order valence-electron chi connectivity index (χ1n) is 25.9. The number of amides is 8. The Bertz CT molecular complexity index is 2000. The van der Waals surface area contributed by atoms with Gasteiger partial charge in [-0.25, -0.2) is 4.79 Å². The normalized spacial score (nSPS) is 18.2. The van der Waals surface area contributed by atoms with Gasteiger partial charge in [0.2, 0.25) is 47.3 Å². The molecule has 11 N–H and O–H groups in total. The summed E-state index contributed by atoms with van der Waals surface area (Å²) in [7, 11) is 0. The van der Waals surface area contributed by atoms with Gasteiger partial charge in [-0.1, -0.05) is 114 Å². The predicted molar refractivity (Wildman–Crippen MR) is 273 cm³/mol. The van der Waals surface area contributed by atoms with Crippen molar-refractivity contribution < 1.29 is 53.4 Å². The molecule has 1 heterocycles. The zero-order valence-corrected chi connectivity index (χ0v) is 44.9. The van der Waals surface area contributed by atoms with Crippen LogP contribution < -0.4 is 43.0 Å². The minimum atomic E-state index is -1.28. The van der Waals surface area contributed by atoms with Gasteiger partial charge in [0, 0.05) is 13.0 Å². The van der Waals surface area contributed by atoms with Crippen LogP contribution in [0.15, 0.2) is 24.3 Å². The van der Waals surface area contributed by atoms with Crippen molar-refractivity contribution in [3.05, 3.63) is 29.8 Å². The quantitative estimate of drug-likeness (QED) is 0.0554. The summed E-state index contributed by atoms with van der Waals surface area (Å²) in [6.45, 7) is 23.5. The van der Waals surface area contributed by atoms with Crippen molar-refractivity contribution in [1.82, 2.24) is 42.1 Å². The van der Waals surface area contributed by atoms with Crippen molar-refractivity contribution in [2.75, 3.05) is 6.54 Å². The molecule has 1 aromatic carbocycles. The second-order valence-electron chi connectivity index (χ2n) is 21.0. The number of hydrogen-bond donors (Lipinski definition) is 10. The summed E-state index contributed by atoms with van der Waals surface area (Å²) in [5.74, 6) is -7.87. The number of aliphatic carboxylic acids is 1. The molecule has 1 aliphatic heterocycles. The lowest BCUT2D eigenvalue weighted by molar-refractivity contribution is -0.144. The second kappa shape index (κ2) is 29.7. The summed E-state index contributed by atoms with van der Waals surface area (Å²) in [6.07, 6.45) is 2.67. The van der Waals surface area contributed by atoms with E-state index in [0.29, 0.717) is 37.7 Å². The third-order valence-electron chi connectivity index (χ3n) is 13.6. The Morgan fingerprint density at radius 1 is 0.583 bits per heavy atom. The molecule has 2 rings (SSSR count). The van der Waals surface area contributed by atoms with Crippen LogP contribution in [0, 0.1) is 35.5 Å². The third kappa shape index (κ3) is 19.0. The minimum absolute atomic E-state index is 0.0167. The van der Waals surface area contributed by atoms with Crippen molar-refractivity contribution in [3.63, 3.8) is 0 Å². The highest BCUT2D eigenvalue weighted by Crippen LogP contribution is 2.21. The Hall–Kier alpha value is -5.79. The maximum atomic E-state index is 14.3. The van der Waals surface area contributed by atoms with Gasteiger partial charge in [0.05, 0.1) is 6.04 Å². The van der Waals surface area contributed by atoms with Crippen LogP contribution in [0.3, 0.4) is 0 Å². The zero-order valence-electron chi connectivity index (χ0n) is 44.9. The zero-order chi connectivity index (χ0) is 54.7. The van der Waals surface area contributed by atoms with E-state index in [1.807, 2.05) is 48.5 Å². The molecule has 0 radical (unpaired) electrons. The molecular formula is C52H87N9O11. The van der Waals surface area contributed by atoms with Crippen LogP contribution in [0.4, 0.5) is 0 Å². The molecule has 1 aliphatic rings. The minimum Gasteiger partial charge on any atom is -0.508 e. The third-order valence-corrected chi connectivity index (χ3v) is 13.6. The SMILES string of the molecule is CC[C@H](C)[C@H](N)C(=O)N[C@@H](CC(C)C)C(=O)N[C@@H](C)C(=O)N1CCC[C@H]1C(=O)N[C@H](C(=O)N[C@H](C(=O)N[C@@H](CC(C)C)C(=O)N[C@@H](Cc1ccc(O)cc1)C(=O)N[C@H](C(=O)O)[C@@H](C)CC)[C@@H](C)CC)C(C)C. The van der Waals surface area contributed by atoms with Gasteiger partial charge in [0.25, 0.3) is 0 Å². The number of carboxylic acids is 1. The van der Waals surface area contributed by atoms with Crippen molar-refractivity contribution >= 4 is 53.2 Å². The molecule has 8 amide bonds. The lowest BCUT2D eigenvalue weighted by Crippen LogP contribution is -2.62. The number of likely N-dealkylation sites (tertiary alicyclic amines) is 1. The number of aromatic hydroxyl groups is 1. The number of carboxylic acid groups (broad SMARTS) is 1. The van der Waals surface area contributed by atoms with Crippen LogP contribution in [0.25, 0.3) is 0 Å². The lowest BCUT2D eigenvalue weighted by Gasteiger charge is -2.32.